The van der Waals surface area contributed by atoms with Gasteiger partial charge >= 0.3 is 5.97 Å². The van der Waals surface area contributed by atoms with Gasteiger partial charge in [0.25, 0.3) is 0 Å². The van der Waals surface area contributed by atoms with E-state index in [0.29, 0.717) is 24.7 Å². The van der Waals surface area contributed by atoms with E-state index in [1.165, 1.54) is 19.2 Å². The summed E-state index contributed by atoms with van der Waals surface area (Å²) < 4.78 is 26.2. The summed E-state index contributed by atoms with van der Waals surface area (Å²) in [4.78, 5) is 18.6. The summed E-state index contributed by atoms with van der Waals surface area (Å²) in [5.74, 6) is 0.255. The quantitative estimate of drug-likeness (QED) is 0.647. The highest BCUT2D eigenvalue weighted by Crippen LogP contribution is 2.31. The number of nitrogens with zero attached hydrogens (tertiary/aromatic N) is 4. The van der Waals surface area contributed by atoms with Gasteiger partial charge in [-0.15, -0.1) is 5.10 Å². The Labute approximate surface area is 161 Å². The maximum atomic E-state index is 14.3. The highest BCUT2D eigenvalue weighted by Gasteiger charge is 2.20. The Kier molecular flexibility index (Phi) is 4.72. The summed E-state index contributed by atoms with van der Waals surface area (Å²) in [5.41, 5.74) is 2.91. The molecular weight excluding hydrogens is 363 g/mol. The van der Waals surface area contributed by atoms with Crippen LogP contribution in [-0.2, 0) is 9.47 Å². The number of esters is 1. The number of aromatic nitrogens is 3. The number of ether oxygens (including phenoxy) is 2. The van der Waals surface area contributed by atoms with Crippen LogP contribution < -0.4 is 4.90 Å². The lowest BCUT2D eigenvalue weighted by Crippen LogP contribution is -2.37. The van der Waals surface area contributed by atoms with E-state index in [2.05, 4.69) is 15.0 Å². The van der Waals surface area contributed by atoms with E-state index < -0.39 is 11.8 Å². The molecule has 146 valence electrons. The molecule has 7 nitrogen and oxygen atoms in total. The van der Waals surface area contributed by atoms with E-state index in [4.69, 9.17) is 9.47 Å². The van der Waals surface area contributed by atoms with Crippen molar-refractivity contribution in [3.05, 3.63) is 47.0 Å². The number of carbonyl (C=O) groups excluding carboxylic acids is 1. The molecule has 0 atom stereocenters. The summed E-state index contributed by atoms with van der Waals surface area (Å²) in [6, 6.07) is 6.78. The van der Waals surface area contributed by atoms with Crippen LogP contribution in [0.3, 0.4) is 0 Å². The summed E-state index contributed by atoms with van der Waals surface area (Å²) in [6.07, 6.45) is 0. The zero-order valence-electron chi connectivity index (χ0n) is 16.0. The van der Waals surface area contributed by atoms with Crippen LogP contribution in [0, 0.1) is 19.7 Å². The molecule has 0 radical (unpaired) electrons. The number of carbonyl (C=O) groups is 1. The van der Waals surface area contributed by atoms with Gasteiger partial charge in [-0.3, -0.25) is 0 Å². The normalized spacial score (nSPS) is 14.5. The molecule has 0 aliphatic carbocycles. The first-order valence-electron chi connectivity index (χ1n) is 9.07. The maximum Gasteiger partial charge on any atom is 0.340 e. The van der Waals surface area contributed by atoms with E-state index in [1.54, 1.807) is 0 Å². The van der Waals surface area contributed by atoms with Crippen LogP contribution in [0.1, 0.15) is 21.7 Å². The SMILES string of the molecule is COC(=O)c1cc(-c2cc(N3CCOCC3)n3nc(C)nc3c2)c(C)cc1F. The summed E-state index contributed by atoms with van der Waals surface area (Å²) in [6.45, 7) is 6.42. The predicted octanol–water partition coefficient (Wildman–Crippen LogP) is 2.78. The molecule has 0 N–H and O–H groups in total. The molecule has 0 amide bonds. The Balaban J connectivity index is 1.91. The minimum atomic E-state index is -0.702. The molecule has 0 spiro atoms. The Morgan fingerprint density at radius 3 is 2.64 bits per heavy atom. The van der Waals surface area contributed by atoms with E-state index >= 15 is 0 Å². The van der Waals surface area contributed by atoms with Crippen molar-refractivity contribution in [2.24, 2.45) is 0 Å². The van der Waals surface area contributed by atoms with Crippen molar-refractivity contribution in [1.29, 1.82) is 0 Å². The number of aryl methyl sites for hydroxylation is 2. The Hall–Kier alpha value is -3.00. The molecular formula is C20H21FN4O3. The van der Waals surface area contributed by atoms with Gasteiger partial charge in [-0.2, -0.15) is 4.52 Å². The zero-order chi connectivity index (χ0) is 19.8. The standard InChI is InChI=1S/C20H21FN4O3/c1-12-8-17(21)16(20(26)27-3)11-15(12)14-9-18-22-13(2)23-25(18)19(10-14)24-4-6-28-7-5-24/h8-11H,4-7H2,1-3H3. The zero-order valence-corrected chi connectivity index (χ0v) is 16.0. The second-order valence-electron chi connectivity index (χ2n) is 6.77. The van der Waals surface area contributed by atoms with Crippen molar-refractivity contribution < 1.29 is 18.7 Å². The van der Waals surface area contributed by atoms with Crippen LogP contribution in [0.2, 0.25) is 0 Å². The first kappa shape index (κ1) is 18.4. The van der Waals surface area contributed by atoms with E-state index in [-0.39, 0.29) is 5.56 Å². The molecule has 1 fully saturated rings. The number of anilines is 1. The minimum Gasteiger partial charge on any atom is -0.465 e. The summed E-state index contributed by atoms with van der Waals surface area (Å²) >= 11 is 0. The first-order chi connectivity index (χ1) is 13.5. The molecule has 0 bridgehead atoms. The Bertz CT molecular complexity index is 1060. The highest BCUT2D eigenvalue weighted by atomic mass is 19.1. The minimum absolute atomic E-state index is 0.0893. The van der Waals surface area contributed by atoms with E-state index in [9.17, 15) is 9.18 Å². The number of methoxy groups -OCH3 is 1. The largest absolute Gasteiger partial charge is 0.465 e. The number of hydrogen-bond acceptors (Lipinski definition) is 6. The predicted molar refractivity (Wildman–Crippen MR) is 102 cm³/mol. The van der Waals surface area contributed by atoms with Gasteiger partial charge in [-0.05, 0) is 54.8 Å². The second-order valence-corrected chi connectivity index (χ2v) is 6.77. The van der Waals surface area contributed by atoms with E-state index in [0.717, 1.165) is 35.6 Å². The van der Waals surface area contributed by atoms with Crippen LogP contribution in [0.25, 0.3) is 16.8 Å². The second kappa shape index (κ2) is 7.20. The van der Waals surface area contributed by atoms with Crippen LogP contribution in [0.15, 0.2) is 24.3 Å². The molecule has 1 saturated heterocycles. The first-order valence-corrected chi connectivity index (χ1v) is 9.07. The molecule has 4 rings (SSSR count). The molecule has 1 aliphatic heterocycles. The number of morpholine rings is 1. The molecule has 8 heteroatoms. The van der Waals surface area contributed by atoms with Gasteiger partial charge in [0.1, 0.15) is 17.5 Å². The smallest absolute Gasteiger partial charge is 0.340 e. The van der Waals surface area contributed by atoms with Crippen molar-refractivity contribution in [1.82, 2.24) is 14.6 Å². The fourth-order valence-electron chi connectivity index (χ4n) is 3.50. The number of rotatable bonds is 3. The van der Waals surface area contributed by atoms with Gasteiger partial charge in [-0.1, -0.05) is 0 Å². The van der Waals surface area contributed by atoms with Crippen molar-refractivity contribution in [2.75, 3.05) is 38.3 Å². The average Bonchev–Trinajstić information content (AvgIpc) is 3.07. The molecule has 2 aromatic heterocycles. The third-order valence-corrected chi connectivity index (χ3v) is 4.89. The van der Waals surface area contributed by atoms with Gasteiger partial charge in [0.15, 0.2) is 5.65 Å². The molecule has 3 aromatic rings. The molecule has 1 aliphatic rings. The lowest BCUT2D eigenvalue weighted by atomic mass is 9.98. The van der Waals surface area contributed by atoms with Crippen LogP contribution in [0.4, 0.5) is 10.2 Å². The highest BCUT2D eigenvalue weighted by molar-refractivity contribution is 5.92. The van der Waals surface area contributed by atoms with Crippen LogP contribution in [-0.4, -0.2) is 54.0 Å². The van der Waals surface area contributed by atoms with Crippen LogP contribution in [0.5, 0.6) is 0 Å². The fourth-order valence-corrected chi connectivity index (χ4v) is 3.50. The molecule has 28 heavy (non-hydrogen) atoms. The monoisotopic (exact) mass is 384 g/mol. The van der Waals surface area contributed by atoms with Gasteiger partial charge in [0.2, 0.25) is 0 Å². The van der Waals surface area contributed by atoms with Crippen molar-refractivity contribution >= 4 is 17.4 Å². The van der Waals surface area contributed by atoms with Crippen molar-refractivity contribution in [3.63, 3.8) is 0 Å². The summed E-state index contributed by atoms with van der Waals surface area (Å²) in [5, 5.41) is 4.51. The van der Waals surface area contributed by atoms with Gasteiger partial charge < -0.3 is 14.4 Å². The molecule has 1 aromatic carbocycles. The van der Waals surface area contributed by atoms with Crippen molar-refractivity contribution in [2.45, 2.75) is 13.8 Å². The van der Waals surface area contributed by atoms with Gasteiger partial charge in [0.05, 0.1) is 25.9 Å². The fraction of sp³-hybridized carbons (Fsp3) is 0.350. The third kappa shape index (κ3) is 3.20. The van der Waals surface area contributed by atoms with Gasteiger partial charge in [0, 0.05) is 13.1 Å². The van der Waals surface area contributed by atoms with Crippen LogP contribution >= 0.6 is 0 Å². The number of hydrogen-bond donors (Lipinski definition) is 0. The molecule has 3 heterocycles. The number of halogens is 1. The Morgan fingerprint density at radius 2 is 1.93 bits per heavy atom. The molecule has 0 unspecified atom stereocenters. The lowest BCUT2D eigenvalue weighted by Gasteiger charge is -2.29. The number of pyridine rings is 1. The molecule has 0 saturated carbocycles. The maximum absolute atomic E-state index is 14.3. The number of fused-ring (bicyclic) bond motifs is 1. The summed E-state index contributed by atoms with van der Waals surface area (Å²) in [7, 11) is 1.24. The number of benzene rings is 1. The van der Waals surface area contributed by atoms with Crippen molar-refractivity contribution in [3.8, 4) is 11.1 Å². The van der Waals surface area contributed by atoms with Gasteiger partial charge in [-0.25, -0.2) is 14.2 Å². The average molecular weight is 384 g/mol. The topological polar surface area (TPSA) is 69.0 Å². The van der Waals surface area contributed by atoms with E-state index in [1.807, 2.05) is 30.5 Å². The third-order valence-electron chi connectivity index (χ3n) is 4.89. The Morgan fingerprint density at radius 1 is 1.18 bits per heavy atom. The lowest BCUT2D eigenvalue weighted by molar-refractivity contribution is 0.0595.